The summed E-state index contributed by atoms with van der Waals surface area (Å²) < 4.78 is 17.7. The van der Waals surface area contributed by atoms with Crippen LogP contribution in [0.3, 0.4) is 0 Å². The van der Waals surface area contributed by atoms with Crippen LogP contribution in [0.4, 0.5) is 0 Å². The third-order valence-corrected chi connectivity index (χ3v) is 4.29. The van der Waals surface area contributed by atoms with Crippen molar-refractivity contribution in [3.8, 4) is 0 Å². The lowest BCUT2D eigenvalue weighted by atomic mass is 10.1. The van der Waals surface area contributed by atoms with Gasteiger partial charge in [-0.05, 0) is 43.5 Å². The Kier molecular flexibility index (Phi) is 9.17. The zero-order valence-electron chi connectivity index (χ0n) is 16.8. The molecule has 1 aromatic carbocycles. The molecule has 0 amide bonds. The lowest BCUT2D eigenvalue weighted by molar-refractivity contribution is 0.0519. The van der Waals surface area contributed by atoms with Gasteiger partial charge in [0.1, 0.15) is 5.56 Å². The van der Waals surface area contributed by atoms with Gasteiger partial charge in [0.2, 0.25) is 5.43 Å². The van der Waals surface area contributed by atoms with Crippen LogP contribution < -0.4 is 5.43 Å². The summed E-state index contributed by atoms with van der Waals surface area (Å²) in [4.78, 5) is 27.6. The molecule has 1 heterocycles. The molecule has 0 saturated carbocycles. The summed E-state index contributed by atoms with van der Waals surface area (Å²) in [5, 5.41) is 3.87. The van der Waals surface area contributed by atoms with E-state index in [0.29, 0.717) is 51.3 Å². The maximum atomic E-state index is 12.8. The number of fused-ring (bicyclic) bond motifs is 1. The molecule has 0 spiro atoms. The molecule has 0 radical (unpaired) electrons. The monoisotopic (exact) mass is 402 g/mol. The number of hydrogen-bond acceptors (Lipinski definition) is 6. The normalized spacial score (nSPS) is 10.7. The molecule has 0 aliphatic rings. The molecular formula is C20H26N4O5. The van der Waals surface area contributed by atoms with Crippen molar-refractivity contribution in [2.75, 3.05) is 39.6 Å². The van der Waals surface area contributed by atoms with Crippen molar-refractivity contribution in [3.63, 3.8) is 0 Å². The Morgan fingerprint density at radius 1 is 1.17 bits per heavy atom. The number of aromatic nitrogens is 1. The summed E-state index contributed by atoms with van der Waals surface area (Å²) in [5.74, 6) is -0.601. The van der Waals surface area contributed by atoms with Crippen LogP contribution in [-0.4, -0.2) is 50.1 Å². The van der Waals surface area contributed by atoms with Gasteiger partial charge in [-0.25, -0.2) is 4.79 Å². The van der Waals surface area contributed by atoms with Gasteiger partial charge in [-0.2, -0.15) is 0 Å². The van der Waals surface area contributed by atoms with E-state index < -0.39 is 5.97 Å². The molecule has 0 unspecified atom stereocenters. The van der Waals surface area contributed by atoms with Crippen molar-refractivity contribution < 1.29 is 19.0 Å². The number of carbonyl (C=O) groups is 1. The molecule has 0 N–H and O–H groups in total. The zero-order chi connectivity index (χ0) is 21.1. The maximum absolute atomic E-state index is 12.8. The SMILES string of the molecule is CCOC(=O)c1cn(CC)c2ccc(CCOCCOCCN=[N+]=[N-])cc2c1=O. The molecule has 9 heteroatoms. The number of ether oxygens (including phenoxy) is 3. The van der Waals surface area contributed by atoms with Crippen LogP contribution in [-0.2, 0) is 27.2 Å². The van der Waals surface area contributed by atoms with Gasteiger partial charge in [-0.15, -0.1) is 0 Å². The highest BCUT2D eigenvalue weighted by Gasteiger charge is 2.16. The van der Waals surface area contributed by atoms with E-state index in [2.05, 4.69) is 10.0 Å². The summed E-state index contributed by atoms with van der Waals surface area (Å²) in [6.45, 7) is 6.50. The van der Waals surface area contributed by atoms with E-state index in [1.807, 2.05) is 29.7 Å². The Balaban J connectivity index is 2.02. The van der Waals surface area contributed by atoms with E-state index in [9.17, 15) is 9.59 Å². The number of benzene rings is 1. The lowest BCUT2D eigenvalue weighted by Crippen LogP contribution is -2.21. The molecule has 29 heavy (non-hydrogen) atoms. The van der Waals surface area contributed by atoms with Gasteiger partial charge < -0.3 is 18.8 Å². The van der Waals surface area contributed by atoms with Crippen LogP contribution in [0.15, 0.2) is 34.3 Å². The Morgan fingerprint density at radius 2 is 1.93 bits per heavy atom. The number of carbonyl (C=O) groups excluding carboxylic acids is 1. The van der Waals surface area contributed by atoms with Crippen LogP contribution in [0.25, 0.3) is 21.3 Å². The second-order valence-corrected chi connectivity index (χ2v) is 6.16. The molecular weight excluding hydrogens is 376 g/mol. The highest BCUT2D eigenvalue weighted by Crippen LogP contribution is 2.16. The van der Waals surface area contributed by atoms with Crippen molar-refractivity contribution in [2.24, 2.45) is 5.11 Å². The number of nitrogens with zero attached hydrogens (tertiary/aromatic N) is 4. The molecule has 156 valence electrons. The number of hydrogen-bond donors (Lipinski definition) is 0. The minimum absolute atomic E-state index is 0.0486. The van der Waals surface area contributed by atoms with E-state index in [4.69, 9.17) is 19.7 Å². The molecule has 0 aliphatic carbocycles. The minimum atomic E-state index is -0.601. The lowest BCUT2D eigenvalue weighted by Gasteiger charge is -2.12. The first-order chi connectivity index (χ1) is 14.1. The van der Waals surface area contributed by atoms with Gasteiger partial charge in [0.15, 0.2) is 0 Å². The third kappa shape index (κ3) is 6.32. The molecule has 0 aliphatic heterocycles. The van der Waals surface area contributed by atoms with E-state index in [0.717, 1.165) is 11.1 Å². The van der Waals surface area contributed by atoms with E-state index >= 15 is 0 Å². The summed E-state index contributed by atoms with van der Waals surface area (Å²) >= 11 is 0. The van der Waals surface area contributed by atoms with Crippen molar-refractivity contribution in [1.82, 2.24) is 4.57 Å². The Hall–Kier alpha value is -2.87. The van der Waals surface area contributed by atoms with Crippen molar-refractivity contribution in [3.05, 3.63) is 56.2 Å². The highest BCUT2D eigenvalue weighted by molar-refractivity contribution is 5.93. The average Bonchev–Trinajstić information content (AvgIpc) is 2.73. The summed E-state index contributed by atoms with van der Waals surface area (Å²) in [7, 11) is 0. The number of pyridine rings is 1. The van der Waals surface area contributed by atoms with Gasteiger partial charge in [-0.3, -0.25) is 4.79 Å². The molecule has 9 nitrogen and oxygen atoms in total. The molecule has 1 aromatic heterocycles. The fraction of sp³-hybridized carbons (Fsp3) is 0.500. The quantitative estimate of drug-likeness (QED) is 0.178. The second kappa shape index (κ2) is 11.9. The molecule has 2 aromatic rings. The smallest absolute Gasteiger partial charge is 0.343 e. The highest BCUT2D eigenvalue weighted by atomic mass is 16.5. The second-order valence-electron chi connectivity index (χ2n) is 6.16. The number of rotatable bonds is 12. The van der Waals surface area contributed by atoms with E-state index in [-0.39, 0.29) is 17.6 Å². The number of azide groups is 1. The Bertz CT molecular complexity index is 934. The standard InChI is InChI=1S/C20H26N4O5/c1-3-24-14-17(20(26)29-4-2)19(25)16-13-15(5-6-18(16)24)7-9-27-11-12-28-10-8-22-23-21/h5-6,13-14H,3-4,7-12H2,1-2H3. The Labute approximate surface area is 168 Å². The fourth-order valence-corrected chi connectivity index (χ4v) is 2.88. The van der Waals surface area contributed by atoms with Crippen molar-refractivity contribution in [2.45, 2.75) is 26.8 Å². The zero-order valence-corrected chi connectivity index (χ0v) is 16.8. The van der Waals surface area contributed by atoms with Gasteiger partial charge >= 0.3 is 5.97 Å². The van der Waals surface area contributed by atoms with Gasteiger partial charge in [0, 0.05) is 29.6 Å². The van der Waals surface area contributed by atoms with Crippen molar-refractivity contribution >= 4 is 16.9 Å². The van der Waals surface area contributed by atoms with Gasteiger partial charge in [0.25, 0.3) is 0 Å². The van der Waals surface area contributed by atoms with E-state index in [1.54, 1.807) is 13.1 Å². The first kappa shape index (κ1) is 22.4. The topological polar surface area (TPSA) is 116 Å². The Morgan fingerprint density at radius 3 is 2.62 bits per heavy atom. The van der Waals surface area contributed by atoms with Crippen LogP contribution in [0.2, 0.25) is 0 Å². The minimum Gasteiger partial charge on any atom is -0.462 e. The fourth-order valence-electron chi connectivity index (χ4n) is 2.88. The summed E-state index contributed by atoms with van der Waals surface area (Å²) in [6.07, 6.45) is 2.19. The first-order valence-electron chi connectivity index (χ1n) is 9.61. The average molecular weight is 402 g/mol. The van der Waals surface area contributed by atoms with E-state index in [1.165, 1.54) is 0 Å². The van der Waals surface area contributed by atoms with Crippen LogP contribution in [0.5, 0.6) is 0 Å². The van der Waals surface area contributed by atoms with Crippen molar-refractivity contribution in [1.29, 1.82) is 0 Å². The van der Waals surface area contributed by atoms with Gasteiger partial charge in [0.05, 0.1) is 38.6 Å². The van der Waals surface area contributed by atoms with Crippen LogP contribution in [0.1, 0.15) is 29.8 Å². The summed E-state index contributed by atoms with van der Waals surface area (Å²) in [6, 6.07) is 5.66. The molecule has 0 saturated heterocycles. The predicted molar refractivity (Wildman–Crippen MR) is 109 cm³/mol. The largest absolute Gasteiger partial charge is 0.462 e. The molecule has 0 atom stereocenters. The predicted octanol–water partition coefficient (Wildman–Crippen LogP) is 3.08. The number of esters is 1. The molecule has 0 bridgehead atoms. The molecule has 2 rings (SSSR count). The molecule has 0 fully saturated rings. The third-order valence-electron chi connectivity index (χ3n) is 4.29. The van der Waals surface area contributed by atoms with Crippen LogP contribution in [0, 0.1) is 0 Å². The van der Waals surface area contributed by atoms with Gasteiger partial charge in [-0.1, -0.05) is 11.2 Å². The van der Waals surface area contributed by atoms with Crippen LogP contribution >= 0.6 is 0 Å². The number of aryl methyl sites for hydroxylation is 1. The maximum Gasteiger partial charge on any atom is 0.343 e. The first-order valence-corrected chi connectivity index (χ1v) is 9.61. The summed E-state index contributed by atoms with van der Waals surface area (Å²) in [5.41, 5.74) is 9.62.